The molecule has 9 heteroatoms. The van der Waals surface area contributed by atoms with Crippen molar-refractivity contribution in [1.29, 1.82) is 0 Å². The zero-order valence-corrected chi connectivity index (χ0v) is 39.7. The summed E-state index contributed by atoms with van der Waals surface area (Å²) in [6, 6.07) is 0. The molecule has 312 valence electrons. The topological polar surface area (TPSA) is 86.7 Å². The van der Waals surface area contributed by atoms with Gasteiger partial charge < -0.3 is 0 Å². The average Bonchev–Trinajstić information content (AvgIpc) is 3.14. The third kappa shape index (κ3) is 35.9. The van der Waals surface area contributed by atoms with Crippen LogP contribution in [0.1, 0.15) is 233 Å². The van der Waals surface area contributed by atoms with Crippen molar-refractivity contribution in [2.75, 3.05) is 11.5 Å². The van der Waals surface area contributed by atoms with Crippen molar-refractivity contribution in [2.45, 2.75) is 242 Å². The number of carbonyl (C=O) groups is 4. The van der Waals surface area contributed by atoms with Crippen LogP contribution in [0.25, 0.3) is 0 Å². The monoisotopic (exact) mass is 892 g/mol. The van der Waals surface area contributed by atoms with Gasteiger partial charge in [-0.1, -0.05) is 52.4 Å². The number of esters is 4. The second-order valence-electron chi connectivity index (χ2n) is 15.4. The summed E-state index contributed by atoms with van der Waals surface area (Å²) < 4.78 is 12.8. The van der Waals surface area contributed by atoms with Crippen LogP contribution in [0.4, 0.5) is 0 Å². The third-order valence-electron chi connectivity index (χ3n) is 10.2. The molecule has 0 N–H and O–H groups in total. The quantitative estimate of drug-likeness (QED) is 0.0260. The minimum atomic E-state index is -3.22. The molecule has 0 fully saturated rings. The summed E-state index contributed by atoms with van der Waals surface area (Å²) in [6.45, 7) is 8.93. The van der Waals surface area contributed by atoms with Gasteiger partial charge in [0.2, 0.25) is 0 Å². The van der Waals surface area contributed by atoms with Crippen molar-refractivity contribution >= 4 is 57.4 Å². The minimum Gasteiger partial charge on any atom is -0.0654 e. The molecular formula is C44H84O6S2Sn. The average molecular weight is 892 g/mol. The summed E-state index contributed by atoms with van der Waals surface area (Å²) >= 11 is -3.22. The van der Waals surface area contributed by atoms with E-state index >= 15 is 0 Å². The number of hydrogen-bond acceptors (Lipinski definition) is 8. The molecule has 0 atom stereocenters. The van der Waals surface area contributed by atoms with Crippen LogP contribution in [0, 0.1) is 0 Å². The molecule has 0 aromatic rings. The van der Waals surface area contributed by atoms with Crippen LogP contribution >= 0.6 is 17.9 Å². The number of ether oxygens (including phenoxy) is 2. The normalized spacial score (nSPS) is 11.5. The van der Waals surface area contributed by atoms with Crippen LogP contribution in [0.5, 0.6) is 0 Å². The van der Waals surface area contributed by atoms with E-state index in [4.69, 9.17) is 9.47 Å². The van der Waals surface area contributed by atoms with Gasteiger partial charge in [0.1, 0.15) is 0 Å². The zero-order chi connectivity index (χ0) is 39.1. The molecule has 0 aliphatic rings. The van der Waals surface area contributed by atoms with Crippen molar-refractivity contribution < 1.29 is 28.7 Å². The van der Waals surface area contributed by atoms with Gasteiger partial charge in [-0.05, 0) is 0 Å². The van der Waals surface area contributed by atoms with E-state index in [9.17, 15) is 19.2 Å². The molecule has 0 bridgehead atoms. The van der Waals surface area contributed by atoms with Crippen molar-refractivity contribution in [2.24, 2.45) is 0 Å². The fourth-order valence-electron chi connectivity index (χ4n) is 6.76. The summed E-state index contributed by atoms with van der Waals surface area (Å²) in [4.78, 5) is 51.1. The first-order valence-electron chi connectivity index (χ1n) is 22.6. The number of carbonyl (C=O) groups excluding carboxylic acids is 4. The maximum atomic E-state index is 13.0. The Morgan fingerprint density at radius 1 is 0.340 bits per heavy atom. The van der Waals surface area contributed by atoms with Gasteiger partial charge in [-0.3, -0.25) is 0 Å². The zero-order valence-electron chi connectivity index (χ0n) is 35.2. The number of rotatable bonds is 40. The molecular weight excluding hydrogens is 807 g/mol. The van der Waals surface area contributed by atoms with E-state index in [1.165, 1.54) is 141 Å². The fraction of sp³-hybridized carbons (Fsp3) is 0.909. The third-order valence-corrected chi connectivity index (χ3v) is 40.0. The predicted octanol–water partition coefficient (Wildman–Crippen LogP) is 14.6. The molecule has 0 spiro atoms. The van der Waals surface area contributed by atoms with Crippen LogP contribution in [0.2, 0.25) is 8.87 Å². The van der Waals surface area contributed by atoms with Crippen molar-refractivity contribution in [3.63, 3.8) is 0 Å². The van der Waals surface area contributed by atoms with Gasteiger partial charge in [-0.25, -0.2) is 0 Å². The smallest absolute Gasteiger partial charge is 0.0654 e. The summed E-state index contributed by atoms with van der Waals surface area (Å²) in [5.74, 6) is -1.36. The van der Waals surface area contributed by atoms with Crippen molar-refractivity contribution in [3.8, 4) is 0 Å². The molecule has 0 saturated carbocycles. The van der Waals surface area contributed by atoms with Crippen molar-refractivity contribution in [3.05, 3.63) is 0 Å². The van der Waals surface area contributed by atoms with Crippen LogP contribution < -0.4 is 0 Å². The molecule has 0 unspecified atom stereocenters. The molecule has 0 aliphatic carbocycles. The van der Waals surface area contributed by atoms with E-state index in [2.05, 4.69) is 27.7 Å². The van der Waals surface area contributed by atoms with Gasteiger partial charge in [0.25, 0.3) is 0 Å². The number of hydrogen-bond donors (Lipinski definition) is 0. The Bertz CT molecular complexity index is 816. The first-order valence-corrected chi connectivity index (χ1v) is 35.6. The molecule has 0 saturated heterocycles. The minimum absolute atomic E-state index is 0.171. The molecule has 0 aliphatic heterocycles. The van der Waals surface area contributed by atoms with Crippen LogP contribution in [0.3, 0.4) is 0 Å². The summed E-state index contributed by atoms with van der Waals surface area (Å²) in [5, 5.41) is 0. The van der Waals surface area contributed by atoms with Gasteiger partial charge in [0.05, 0.1) is 0 Å². The van der Waals surface area contributed by atoms with Gasteiger partial charge in [-0.2, -0.15) is 0 Å². The SMILES string of the molecule is CCCCCCCCCCCC(=O)OC(=O)C[S][Sn]([CH2]CCCCCCC)([CH2]CCCCCCC)[S]CC(=O)OC(=O)CCCCCCCCCCC. The standard InChI is InChI=1S/2C14H26O3S.2C8H17.Sn/c2*1-2-3-4-5-6-7-8-9-10-11-13(15)17-14(16)12-18;2*1-3-5-7-8-6-4-2;/h2*18H,2-12H2,1H3;2*1,3-8H2,2H3;/q;;;;+2/p-2. The van der Waals surface area contributed by atoms with E-state index in [1.807, 2.05) is 0 Å². The Morgan fingerprint density at radius 3 is 0.868 bits per heavy atom. The van der Waals surface area contributed by atoms with Gasteiger partial charge in [0, 0.05) is 0 Å². The Morgan fingerprint density at radius 2 is 0.585 bits per heavy atom. The van der Waals surface area contributed by atoms with Crippen LogP contribution in [-0.2, 0) is 28.7 Å². The van der Waals surface area contributed by atoms with E-state index in [1.54, 1.807) is 17.9 Å². The van der Waals surface area contributed by atoms with E-state index in [0.717, 1.165) is 60.2 Å². The Hall–Kier alpha value is -0.221. The van der Waals surface area contributed by atoms with Gasteiger partial charge in [-0.15, -0.1) is 0 Å². The first-order chi connectivity index (χ1) is 25.8. The van der Waals surface area contributed by atoms with E-state index in [-0.39, 0.29) is 11.5 Å². The van der Waals surface area contributed by atoms with Crippen LogP contribution in [0.15, 0.2) is 0 Å². The molecule has 0 aromatic heterocycles. The van der Waals surface area contributed by atoms with Gasteiger partial charge in [0.15, 0.2) is 0 Å². The van der Waals surface area contributed by atoms with Gasteiger partial charge >= 0.3 is 287 Å². The molecule has 0 aromatic carbocycles. The number of unbranched alkanes of at least 4 members (excludes halogenated alkanes) is 26. The molecule has 53 heavy (non-hydrogen) atoms. The first kappa shape index (κ1) is 52.8. The fourth-order valence-corrected chi connectivity index (χ4v) is 33.6. The second kappa shape index (κ2) is 40.0. The van der Waals surface area contributed by atoms with E-state index < -0.39 is 39.5 Å². The van der Waals surface area contributed by atoms with E-state index in [0.29, 0.717) is 12.8 Å². The Labute approximate surface area is 337 Å². The Balaban J connectivity index is 5.12. The molecule has 0 radical (unpaired) electrons. The molecule has 0 heterocycles. The summed E-state index contributed by atoms with van der Waals surface area (Å²) in [5.41, 5.74) is 0. The van der Waals surface area contributed by atoms with Crippen LogP contribution in [-0.4, -0.2) is 51.0 Å². The maximum absolute atomic E-state index is 13.0. The van der Waals surface area contributed by atoms with Crippen molar-refractivity contribution in [1.82, 2.24) is 0 Å². The molecule has 6 nitrogen and oxygen atoms in total. The summed E-state index contributed by atoms with van der Waals surface area (Å²) in [7, 11) is 3.48. The predicted molar refractivity (Wildman–Crippen MR) is 233 cm³/mol. The second-order valence-corrected chi connectivity index (χ2v) is 41.7. The Kier molecular flexibility index (Phi) is 39.8. The molecule has 0 rings (SSSR count). The molecule has 0 amide bonds. The summed E-state index contributed by atoms with van der Waals surface area (Å²) in [6.07, 6.45) is 36.1.